The summed E-state index contributed by atoms with van der Waals surface area (Å²) < 4.78 is 10.6. The van der Waals surface area contributed by atoms with Gasteiger partial charge in [-0.25, -0.2) is 4.79 Å². The highest BCUT2D eigenvalue weighted by molar-refractivity contribution is 5.73. The summed E-state index contributed by atoms with van der Waals surface area (Å²) in [6.45, 7) is 7.40. The molecule has 0 bridgehead atoms. The van der Waals surface area contributed by atoms with Crippen molar-refractivity contribution in [1.82, 2.24) is 10.2 Å². The molecule has 1 amide bonds. The number of carbonyl (C=O) groups excluding carboxylic acids is 2. The van der Waals surface area contributed by atoms with Crippen LogP contribution >= 0.6 is 0 Å². The Morgan fingerprint density at radius 3 is 2.70 bits per heavy atom. The summed E-state index contributed by atoms with van der Waals surface area (Å²) in [7, 11) is 4.05. The van der Waals surface area contributed by atoms with E-state index in [-0.39, 0.29) is 24.2 Å². The van der Waals surface area contributed by atoms with Crippen LogP contribution in [0, 0.1) is 17.8 Å². The Labute approximate surface area is 198 Å². The molecule has 1 aromatic carbocycles. The van der Waals surface area contributed by atoms with Gasteiger partial charge in [0.25, 0.3) is 0 Å². The molecular formula is C26H42N2O5. The van der Waals surface area contributed by atoms with Crippen molar-refractivity contribution in [2.24, 2.45) is 17.8 Å². The molecule has 1 aliphatic rings. The van der Waals surface area contributed by atoms with E-state index in [4.69, 9.17) is 9.47 Å². The second-order valence-electron chi connectivity index (χ2n) is 9.93. The number of alkyl carbamates (subject to hydrolysis) is 1. The molecule has 0 saturated heterocycles. The molecule has 0 heterocycles. The fourth-order valence-electron chi connectivity index (χ4n) is 4.84. The Hall–Kier alpha value is -2.12. The Kier molecular flexibility index (Phi) is 10.6. The van der Waals surface area contributed by atoms with Crippen molar-refractivity contribution in [3.8, 4) is 5.75 Å². The molecule has 33 heavy (non-hydrogen) atoms. The fourth-order valence-corrected chi connectivity index (χ4v) is 4.84. The van der Waals surface area contributed by atoms with Gasteiger partial charge in [0.2, 0.25) is 0 Å². The summed E-state index contributed by atoms with van der Waals surface area (Å²) in [6, 6.07) is 7.32. The van der Waals surface area contributed by atoms with Gasteiger partial charge in [-0.05, 0) is 69.8 Å². The van der Waals surface area contributed by atoms with Crippen molar-refractivity contribution in [3.63, 3.8) is 0 Å². The number of nitrogens with one attached hydrogen (secondary N) is 1. The number of ether oxygens (including phenoxy) is 2. The molecule has 186 valence electrons. The van der Waals surface area contributed by atoms with E-state index < -0.39 is 11.7 Å². The summed E-state index contributed by atoms with van der Waals surface area (Å²) in [4.78, 5) is 26.5. The van der Waals surface area contributed by atoms with Crippen molar-refractivity contribution >= 4 is 12.1 Å². The van der Waals surface area contributed by atoms with Crippen LogP contribution in [0.15, 0.2) is 24.3 Å². The third kappa shape index (κ3) is 8.63. The summed E-state index contributed by atoms with van der Waals surface area (Å²) in [5.41, 5.74) is -0.114. The fraction of sp³-hybridized carbons (Fsp3) is 0.692. The van der Waals surface area contributed by atoms with Crippen LogP contribution in [0.25, 0.3) is 0 Å². The number of esters is 1. The molecule has 3 atom stereocenters. The minimum Gasteiger partial charge on any atom is -0.450 e. The van der Waals surface area contributed by atoms with Crippen LogP contribution in [0.1, 0.15) is 64.9 Å². The number of aliphatic hydroxyl groups is 1. The number of benzene rings is 1. The second-order valence-corrected chi connectivity index (χ2v) is 9.93. The molecule has 7 heteroatoms. The van der Waals surface area contributed by atoms with E-state index in [2.05, 4.69) is 24.1 Å². The molecule has 1 aliphatic carbocycles. The average molecular weight is 463 g/mol. The minimum atomic E-state index is -0.922. The summed E-state index contributed by atoms with van der Waals surface area (Å²) >= 11 is 0. The van der Waals surface area contributed by atoms with E-state index in [1.807, 2.05) is 26.2 Å². The van der Waals surface area contributed by atoms with Gasteiger partial charge in [0, 0.05) is 19.0 Å². The van der Waals surface area contributed by atoms with Crippen molar-refractivity contribution in [2.75, 3.05) is 33.8 Å². The van der Waals surface area contributed by atoms with Crippen molar-refractivity contribution < 1.29 is 24.2 Å². The van der Waals surface area contributed by atoms with Crippen LogP contribution in [0.5, 0.6) is 5.75 Å². The van der Waals surface area contributed by atoms with E-state index in [1.165, 1.54) is 0 Å². The molecular weight excluding hydrogens is 420 g/mol. The average Bonchev–Trinajstić information content (AvgIpc) is 2.73. The quantitative estimate of drug-likeness (QED) is 0.376. The van der Waals surface area contributed by atoms with Gasteiger partial charge in [-0.3, -0.25) is 4.79 Å². The number of carbonyl (C=O) groups is 2. The maximum absolute atomic E-state index is 12.7. The monoisotopic (exact) mass is 462 g/mol. The van der Waals surface area contributed by atoms with Gasteiger partial charge in [-0.15, -0.1) is 0 Å². The molecule has 0 spiro atoms. The summed E-state index contributed by atoms with van der Waals surface area (Å²) in [5, 5.41) is 14.3. The predicted molar refractivity (Wildman–Crippen MR) is 129 cm³/mol. The van der Waals surface area contributed by atoms with Gasteiger partial charge in [0.15, 0.2) is 0 Å². The molecule has 0 aliphatic heterocycles. The van der Waals surface area contributed by atoms with Gasteiger partial charge >= 0.3 is 12.1 Å². The van der Waals surface area contributed by atoms with E-state index in [9.17, 15) is 14.7 Å². The predicted octanol–water partition coefficient (Wildman–Crippen LogP) is 4.33. The lowest BCUT2D eigenvalue weighted by molar-refractivity contribution is -0.135. The molecule has 1 fully saturated rings. The first-order valence-corrected chi connectivity index (χ1v) is 12.2. The van der Waals surface area contributed by atoms with E-state index in [1.54, 1.807) is 19.1 Å². The molecule has 2 rings (SSSR count). The second kappa shape index (κ2) is 12.9. The number of hydrogen-bond acceptors (Lipinski definition) is 6. The Bertz CT molecular complexity index is 767. The number of hydrogen-bond donors (Lipinski definition) is 2. The Balaban J connectivity index is 2.06. The van der Waals surface area contributed by atoms with Gasteiger partial charge in [0.1, 0.15) is 5.75 Å². The lowest BCUT2D eigenvalue weighted by Gasteiger charge is -2.41. The molecule has 7 nitrogen and oxygen atoms in total. The van der Waals surface area contributed by atoms with Gasteiger partial charge in [-0.1, -0.05) is 38.8 Å². The van der Waals surface area contributed by atoms with Crippen LogP contribution < -0.4 is 10.1 Å². The first-order valence-electron chi connectivity index (χ1n) is 12.2. The SMILES string of the molecule is CCOC(=O)NCC(CC(=O)Oc1cccc([C@@]2(O)CCCC[C@H]2CN(C)C)c1)CC(C)C. The first kappa shape index (κ1) is 27.1. The van der Waals surface area contributed by atoms with Gasteiger partial charge in [-0.2, -0.15) is 0 Å². The van der Waals surface area contributed by atoms with Crippen molar-refractivity contribution in [2.45, 2.75) is 64.9 Å². The maximum atomic E-state index is 12.7. The highest BCUT2D eigenvalue weighted by atomic mass is 16.5. The molecule has 1 saturated carbocycles. The number of rotatable bonds is 11. The van der Waals surface area contributed by atoms with Gasteiger partial charge < -0.3 is 24.8 Å². The highest BCUT2D eigenvalue weighted by Crippen LogP contribution is 2.42. The van der Waals surface area contributed by atoms with Crippen LogP contribution in [0.4, 0.5) is 4.79 Å². The minimum absolute atomic E-state index is 0.0444. The van der Waals surface area contributed by atoms with Crippen LogP contribution in [0.2, 0.25) is 0 Å². The standard InChI is InChI=1S/C26H42N2O5/c1-6-32-25(30)27-17-20(14-19(2)3)15-24(29)33-23-12-9-11-21(16-23)26(31)13-8-7-10-22(26)18-28(4)5/h9,11-12,16,19-20,22,31H,6-8,10,13-15,17-18H2,1-5H3,(H,27,30)/t20?,22-,26-/m0/s1. The molecule has 1 aromatic rings. The Morgan fingerprint density at radius 1 is 1.27 bits per heavy atom. The van der Waals surface area contributed by atoms with Crippen LogP contribution in [-0.4, -0.2) is 55.9 Å². The Morgan fingerprint density at radius 2 is 2.03 bits per heavy atom. The smallest absolute Gasteiger partial charge is 0.407 e. The molecule has 0 radical (unpaired) electrons. The van der Waals surface area contributed by atoms with Crippen LogP contribution in [-0.2, 0) is 15.1 Å². The highest BCUT2D eigenvalue weighted by Gasteiger charge is 2.40. The topological polar surface area (TPSA) is 88.1 Å². The molecule has 2 N–H and O–H groups in total. The molecule has 1 unspecified atom stereocenters. The largest absolute Gasteiger partial charge is 0.450 e. The molecule has 0 aromatic heterocycles. The normalized spacial score (nSPS) is 21.6. The van der Waals surface area contributed by atoms with Crippen molar-refractivity contribution in [3.05, 3.63) is 29.8 Å². The lowest BCUT2D eigenvalue weighted by atomic mass is 9.71. The summed E-state index contributed by atoms with van der Waals surface area (Å²) in [6.07, 6.45) is 4.29. The zero-order chi connectivity index (χ0) is 24.4. The summed E-state index contributed by atoms with van der Waals surface area (Å²) in [5.74, 6) is 0.573. The van der Waals surface area contributed by atoms with Crippen LogP contribution in [0.3, 0.4) is 0 Å². The first-order chi connectivity index (χ1) is 15.6. The zero-order valence-electron chi connectivity index (χ0n) is 20.9. The van der Waals surface area contributed by atoms with Gasteiger partial charge in [0.05, 0.1) is 18.6 Å². The lowest BCUT2D eigenvalue weighted by Crippen LogP contribution is -2.43. The third-order valence-electron chi connectivity index (χ3n) is 6.26. The third-order valence-corrected chi connectivity index (χ3v) is 6.26. The number of amides is 1. The van der Waals surface area contributed by atoms with E-state index >= 15 is 0 Å². The van der Waals surface area contributed by atoms with Crippen molar-refractivity contribution in [1.29, 1.82) is 0 Å². The maximum Gasteiger partial charge on any atom is 0.407 e. The number of nitrogens with zero attached hydrogens (tertiary/aromatic N) is 1. The van der Waals surface area contributed by atoms with E-state index in [0.29, 0.717) is 31.2 Å². The zero-order valence-corrected chi connectivity index (χ0v) is 20.9. The van der Waals surface area contributed by atoms with E-state index in [0.717, 1.165) is 37.8 Å².